The Kier molecular flexibility index (Phi) is 4.79. The molecule has 1 fully saturated rings. The Morgan fingerprint density at radius 2 is 2.06 bits per heavy atom. The van der Waals surface area contributed by atoms with Gasteiger partial charge in [-0.2, -0.15) is 0 Å². The third-order valence-electron chi connectivity index (χ3n) is 4.10. The number of ether oxygens (including phenoxy) is 1. The van der Waals surface area contributed by atoms with Gasteiger partial charge >= 0.3 is 0 Å². The highest BCUT2D eigenvalue weighted by atomic mass is 16.5. The Morgan fingerprint density at radius 3 is 2.61 bits per heavy atom. The van der Waals surface area contributed by atoms with Crippen LogP contribution in [0.15, 0.2) is 18.2 Å². The van der Waals surface area contributed by atoms with E-state index in [1.807, 2.05) is 0 Å². The monoisotopic (exact) mass is 247 g/mol. The van der Waals surface area contributed by atoms with E-state index in [4.69, 9.17) is 4.74 Å². The normalized spacial score (nSPS) is 21.2. The van der Waals surface area contributed by atoms with Crippen LogP contribution in [0.3, 0.4) is 0 Å². The summed E-state index contributed by atoms with van der Waals surface area (Å²) in [5.41, 5.74) is 4.40. The topological polar surface area (TPSA) is 21.3 Å². The van der Waals surface area contributed by atoms with E-state index in [9.17, 15) is 0 Å². The molecule has 0 spiro atoms. The Morgan fingerprint density at radius 1 is 1.28 bits per heavy atom. The highest BCUT2D eigenvalue weighted by Gasteiger charge is 2.26. The Bertz CT molecular complexity index is 383. The van der Waals surface area contributed by atoms with Gasteiger partial charge in [0.05, 0.1) is 6.61 Å². The second kappa shape index (κ2) is 6.35. The van der Waals surface area contributed by atoms with Crippen LogP contribution in [0, 0.1) is 5.92 Å². The van der Waals surface area contributed by atoms with Gasteiger partial charge in [0.1, 0.15) is 0 Å². The van der Waals surface area contributed by atoms with Gasteiger partial charge in [-0.15, -0.1) is 0 Å². The van der Waals surface area contributed by atoms with Gasteiger partial charge in [-0.3, -0.25) is 0 Å². The fourth-order valence-electron chi connectivity index (χ4n) is 3.00. The van der Waals surface area contributed by atoms with Crippen molar-refractivity contribution in [1.29, 1.82) is 0 Å². The number of hydrogen-bond acceptors (Lipinski definition) is 2. The van der Waals surface area contributed by atoms with Crippen LogP contribution >= 0.6 is 0 Å². The van der Waals surface area contributed by atoms with Crippen LogP contribution in [0.25, 0.3) is 0 Å². The van der Waals surface area contributed by atoms with E-state index in [0.29, 0.717) is 12.0 Å². The lowest BCUT2D eigenvalue weighted by Crippen LogP contribution is -2.25. The van der Waals surface area contributed by atoms with E-state index in [0.717, 1.165) is 26.1 Å². The van der Waals surface area contributed by atoms with Crippen LogP contribution < -0.4 is 5.32 Å². The second-order valence-electron chi connectivity index (χ2n) is 5.13. The Labute approximate surface area is 111 Å². The van der Waals surface area contributed by atoms with E-state index in [1.165, 1.54) is 23.1 Å². The SMILES string of the molecule is CCc1ccc(C(NC)C2CCOC2)cc1CC. The van der Waals surface area contributed by atoms with Crippen LogP contribution in [0.5, 0.6) is 0 Å². The summed E-state index contributed by atoms with van der Waals surface area (Å²) in [4.78, 5) is 0. The molecule has 1 aliphatic rings. The molecule has 2 nitrogen and oxygen atoms in total. The minimum absolute atomic E-state index is 0.434. The molecule has 0 radical (unpaired) electrons. The zero-order chi connectivity index (χ0) is 13.0. The van der Waals surface area contributed by atoms with Gasteiger partial charge in [0.2, 0.25) is 0 Å². The van der Waals surface area contributed by atoms with E-state index in [-0.39, 0.29) is 0 Å². The largest absolute Gasteiger partial charge is 0.381 e. The maximum atomic E-state index is 5.52. The highest BCUT2D eigenvalue weighted by molar-refractivity contribution is 5.34. The molecule has 1 saturated heterocycles. The lowest BCUT2D eigenvalue weighted by molar-refractivity contribution is 0.178. The average Bonchev–Trinajstić information content (AvgIpc) is 2.93. The molecule has 1 aliphatic heterocycles. The summed E-state index contributed by atoms with van der Waals surface area (Å²) < 4.78 is 5.52. The molecule has 1 N–H and O–H groups in total. The van der Waals surface area contributed by atoms with Crippen molar-refractivity contribution in [1.82, 2.24) is 5.32 Å². The lowest BCUT2D eigenvalue weighted by Gasteiger charge is -2.23. The van der Waals surface area contributed by atoms with Crippen LogP contribution in [0.1, 0.15) is 43.0 Å². The first-order valence-corrected chi connectivity index (χ1v) is 7.16. The quantitative estimate of drug-likeness (QED) is 0.863. The first-order valence-electron chi connectivity index (χ1n) is 7.16. The van der Waals surface area contributed by atoms with Crippen LogP contribution in [0.2, 0.25) is 0 Å². The molecule has 1 aromatic carbocycles. The molecule has 0 amide bonds. The van der Waals surface area contributed by atoms with Crippen molar-refractivity contribution in [2.45, 2.75) is 39.2 Å². The minimum atomic E-state index is 0.434. The standard InChI is InChI=1S/C16H25NO/c1-4-12-6-7-14(10-13(12)5-2)16(17-3)15-8-9-18-11-15/h6-7,10,15-17H,4-5,8-9,11H2,1-3H3. The van der Waals surface area contributed by atoms with Crippen molar-refractivity contribution >= 4 is 0 Å². The van der Waals surface area contributed by atoms with Crippen molar-refractivity contribution < 1.29 is 4.74 Å². The molecule has 0 bridgehead atoms. The summed E-state index contributed by atoms with van der Waals surface area (Å²) in [7, 11) is 2.06. The third kappa shape index (κ3) is 2.76. The summed E-state index contributed by atoms with van der Waals surface area (Å²) in [6.07, 6.45) is 3.41. The maximum absolute atomic E-state index is 5.52. The lowest BCUT2D eigenvalue weighted by atomic mass is 9.89. The number of hydrogen-bond donors (Lipinski definition) is 1. The number of nitrogens with one attached hydrogen (secondary N) is 1. The molecular formula is C16H25NO. The van der Waals surface area contributed by atoms with Gasteiger partial charge in [0.15, 0.2) is 0 Å². The fourth-order valence-corrected chi connectivity index (χ4v) is 3.00. The van der Waals surface area contributed by atoms with Gasteiger partial charge in [0.25, 0.3) is 0 Å². The molecule has 2 heteroatoms. The van der Waals surface area contributed by atoms with Crippen molar-refractivity contribution in [2.75, 3.05) is 20.3 Å². The van der Waals surface area contributed by atoms with Gasteiger partial charge in [-0.25, -0.2) is 0 Å². The molecular weight excluding hydrogens is 222 g/mol. The highest BCUT2D eigenvalue weighted by Crippen LogP contribution is 2.29. The first-order chi connectivity index (χ1) is 8.80. The molecule has 1 aromatic rings. The van der Waals surface area contributed by atoms with Crippen molar-refractivity contribution in [3.05, 3.63) is 34.9 Å². The number of benzene rings is 1. The predicted octanol–water partition coefficient (Wildman–Crippen LogP) is 3.11. The molecule has 0 aliphatic carbocycles. The smallest absolute Gasteiger partial charge is 0.0513 e. The summed E-state index contributed by atoms with van der Waals surface area (Å²) in [5.74, 6) is 0.618. The minimum Gasteiger partial charge on any atom is -0.381 e. The van der Waals surface area contributed by atoms with Gasteiger partial charge in [0, 0.05) is 18.6 Å². The number of aryl methyl sites for hydroxylation is 2. The van der Waals surface area contributed by atoms with E-state index in [1.54, 1.807) is 0 Å². The van der Waals surface area contributed by atoms with Gasteiger partial charge < -0.3 is 10.1 Å². The molecule has 2 unspecified atom stereocenters. The average molecular weight is 247 g/mol. The molecule has 2 rings (SSSR count). The zero-order valence-corrected chi connectivity index (χ0v) is 11.8. The zero-order valence-electron chi connectivity index (χ0n) is 11.8. The fraction of sp³-hybridized carbons (Fsp3) is 0.625. The Hall–Kier alpha value is -0.860. The summed E-state index contributed by atoms with van der Waals surface area (Å²) in [6, 6.07) is 7.41. The van der Waals surface area contributed by atoms with E-state index >= 15 is 0 Å². The van der Waals surface area contributed by atoms with Crippen LogP contribution in [-0.4, -0.2) is 20.3 Å². The molecule has 0 saturated carbocycles. The van der Waals surface area contributed by atoms with Crippen molar-refractivity contribution in [3.63, 3.8) is 0 Å². The van der Waals surface area contributed by atoms with Gasteiger partial charge in [-0.1, -0.05) is 32.0 Å². The Balaban J connectivity index is 2.24. The van der Waals surface area contributed by atoms with Crippen molar-refractivity contribution in [2.24, 2.45) is 5.92 Å². The summed E-state index contributed by atoms with van der Waals surface area (Å²) in [5, 5.41) is 3.47. The molecule has 0 aromatic heterocycles. The number of rotatable bonds is 5. The summed E-state index contributed by atoms with van der Waals surface area (Å²) in [6.45, 7) is 6.28. The predicted molar refractivity (Wildman–Crippen MR) is 75.9 cm³/mol. The van der Waals surface area contributed by atoms with E-state index < -0.39 is 0 Å². The summed E-state index contributed by atoms with van der Waals surface area (Å²) >= 11 is 0. The van der Waals surface area contributed by atoms with E-state index in [2.05, 4.69) is 44.4 Å². The third-order valence-corrected chi connectivity index (χ3v) is 4.10. The van der Waals surface area contributed by atoms with Crippen LogP contribution in [0.4, 0.5) is 0 Å². The van der Waals surface area contributed by atoms with Gasteiger partial charge in [-0.05, 0) is 43.0 Å². The molecule has 1 heterocycles. The second-order valence-corrected chi connectivity index (χ2v) is 5.13. The molecule has 18 heavy (non-hydrogen) atoms. The molecule has 100 valence electrons. The van der Waals surface area contributed by atoms with Crippen molar-refractivity contribution in [3.8, 4) is 0 Å². The van der Waals surface area contributed by atoms with Crippen LogP contribution in [-0.2, 0) is 17.6 Å². The first kappa shape index (κ1) is 13.6. The molecule has 2 atom stereocenters. The maximum Gasteiger partial charge on any atom is 0.0513 e.